The fraction of sp³-hybridized carbons (Fsp3) is 0.625. The molecule has 1 aliphatic carbocycles. The highest BCUT2D eigenvalue weighted by atomic mass is 14.9. The van der Waals surface area contributed by atoms with Crippen LogP contribution in [0.15, 0.2) is 24.3 Å². The van der Waals surface area contributed by atoms with Crippen LogP contribution in [0.3, 0.4) is 0 Å². The lowest BCUT2D eigenvalue weighted by atomic mass is 9.91. The molecule has 1 N–H and O–H groups in total. The third-order valence-corrected chi connectivity index (χ3v) is 3.84. The summed E-state index contributed by atoms with van der Waals surface area (Å²) in [5.74, 6) is 0.885. The SMILES string of the molecule is Cc1cccc(NCC2CCCCCCC2)c1. The van der Waals surface area contributed by atoms with Crippen molar-refractivity contribution in [1.29, 1.82) is 0 Å². The summed E-state index contributed by atoms with van der Waals surface area (Å²) in [6, 6.07) is 8.70. The molecule has 1 aromatic carbocycles. The second-order valence-electron chi connectivity index (χ2n) is 5.46. The Morgan fingerprint density at radius 3 is 2.47 bits per heavy atom. The van der Waals surface area contributed by atoms with E-state index in [9.17, 15) is 0 Å². The van der Waals surface area contributed by atoms with E-state index >= 15 is 0 Å². The van der Waals surface area contributed by atoms with Gasteiger partial charge in [0.05, 0.1) is 0 Å². The molecule has 0 atom stereocenters. The number of benzene rings is 1. The second kappa shape index (κ2) is 6.68. The van der Waals surface area contributed by atoms with Crippen LogP contribution in [-0.2, 0) is 0 Å². The quantitative estimate of drug-likeness (QED) is 0.790. The lowest BCUT2D eigenvalue weighted by molar-refractivity contribution is 0.392. The van der Waals surface area contributed by atoms with Crippen LogP contribution in [0, 0.1) is 12.8 Å². The molecule has 0 saturated heterocycles. The van der Waals surface area contributed by atoms with Gasteiger partial charge in [-0.05, 0) is 43.4 Å². The summed E-state index contributed by atoms with van der Waals surface area (Å²) in [4.78, 5) is 0. The molecule has 1 aromatic rings. The van der Waals surface area contributed by atoms with E-state index in [-0.39, 0.29) is 0 Å². The van der Waals surface area contributed by atoms with Crippen molar-refractivity contribution in [2.24, 2.45) is 5.92 Å². The lowest BCUT2D eigenvalue weighted by Crippen LogP contribution is -2.15. The fourth-order valence-electron chi connectivity index (χ4n) is 2.76. The summed E-state index contributed by atoms with van der Waals surface area (Å²) in [5.41, 5.74) is 2.62. The van der Waals surface area contributed by atoms with E-state index < -0.39 is 0 Å². The largest absolute Gasteiger partial charge is 0.385 e. The van der Waals surface area contributed by atoms with Gasteiger partial charge in [0, 0.05) is 12.2 Å². The maximum Gasteiger partial charge on any atom is 0.0342 e. The number of nitrogens with one attached hydrogen (secondary N) is 1. The van der Waals surface area contributed by atoms with Gasteiger partial charge in [-0.25, -0.2) is 0 Å². The van der Waals surface area contributed by atoms with E-state index in [0.717, 1.165) is 12.5 Å². The monoisotopic (exact) mass is 231 g/mol. The van der Waals surface area contributed by atoms with Gasteiger partial charge in [-0.15, -0.1) is 0 Å². The molecule has 0 aromatic heterocycles. The Hall–Kier alpha value is -0.980. The zero-order valence-corrected chi connectivity index (χ0v) is 11.0. The summed E-state index contributed by atoms with van der Waals surface area (Å²) in [5, 5.41) is 3.60. The van der Waals surface area contributed by atoms with Crippen LogP contribution >= 0.6 is 0 Å². The van der Waals surface area contributed by atoms with Crippen LogP contribution in [0.4, 0.5) is 5.69 Å². The highest BCUT2D eigenvalue weighted by Crippen LogP contribution is 2.22. The van der Waals surface area contributed by atoms with Crippen LogP contribution in [0.25, 0.3) is 0 Å². The fourth-order valence-corrected chi connectivity index (χ4v) is 2.76. The van der Waals surface area contributed by atoms with Crippen LogP contribution < -0.4 is 5.32 Å². The smallest absolute Gasteiger partial charge is 0.0342 e. The van der Waals surface area contributed by atoms with Gasteiger partial charge in [0.2, 0.25) is 0 Å². The standard InChI is InChI=1S/C16H25N/c1-14-8-7-11-16(12-14)17-13-15-9-5-3-2-4-6-10-15/h7-8,11-12,15,17H,2-6,9-10,13H2,1H3. The van der Waals surface area contributed by atoms with Gasteiger partial charge in [0.1, 0.15) is 0 Å². The number of aryl methyl sites for hydroxylation is 1. The summed E-state index contributed by atoms with van der Waals surface area (Å²) in [7, 11) is 0. The van der Waals surface area contributed by atoms with Crippen molar-refractivity contribution in [3.05, 3.63) is 29.8 Å². The minimum Gasteiger partial charge on any atom is -0.385 e. The van der Waals surface area contributed by atoms with Gasteiger partial charge in [-0.1, -0.05) is 44.2 Å². The first-order valence-corrected chi connectivity index (χ1v) is 7.15. The molecule has 94 valence electrons. The molecule has 2 rings (SSSR count). The van der Waals surface area contributed by atoms with E-state index in [0.29, 0.717) is 0 Å². The summed E-state index contributed by atoms with van der Waals surface area (Å²) < 4.78 is 0. The van der Waals surface area contributed by atoms with Crippen molar-refractivity contribution < 1.29 is 0 Å². The van der Waals surface area contributed by atoms with E-state index in [1.807, 2.05) is 0 Å². The van der Waals surface area contributed by atoms with Crippen molar-refractivity contribution in [1.82, 2.24) is 0 Å². The van der Waals surface area contributed by atoms with Gasteiger partial charge < -0.3 is 5.32 Å². The molecule has 1 aliphatic rings. The van der Waals surface area contributed by atoms with Crippen molar-refractivity contribution in [3.63, 3.8) is 0 Å². The third kappa shape index (κ3) is 4.41. The van der Waals surface area contributed by atoms with E-state index in [1.165, 1.54) is 56.2 Å². The Morgan fingerprint density at radius 2 is 1.76 bits per heavy atom. The molecule has 1 fully saturated rings. The van der Waals surface area contributed by atoms with Gasteiger partial charge in [-0.3, -0.25) is 0 Å². The van der Waals surface area contributed by atoms with Crippen molar-refractivity contribution in [3.8, 4) is 0 Å². The number of anilines is 1. The van der Waals surface area contributed by atoms with Crippen molar-refractivity contribution in [2.75, 3.05) is 11.9 Å². The summed E-state index contributed by atoms with van der Waals surface area (Å²) >= 11 is 0. The topological polar surface area (TPSA) is 12.0 Å². The zero-order chi connectivity index (χ0) is 11.9. The Balaban J connectivity index is 1.79. The zero-order valence-electron chi connectivity index (χ0n) is 11.0. The Bertz CT molecular complexity index is 324. The Labute approximate surface area is 106 Å². The molecule has 1 heteroatoms. The first-order valence-electron chi connectivity index (χ1n) is 7.15. The van der Waals surface area contributed by atoms with Gasteiger partial charge in [0.25, 0.3) is 0 Å². The average molecular weight is 231 g/mol. The lowest BCUT2D eigenvalue weighted by Gasteiger charge is -2.20. The van der Waals surface area contributed by atoms with Crippen LogP contribution in [0.5, 0.6) is 0 Å². The maximum atomic E-state index is 3.60. The van der Waals surface area contributed by atoms with Gasteiger partial charge in [-0.2, -0.15) is 0 Å². The second-order valence-corrected chi connectivity index (χ2v) is 5.46. The van der Waals surface area contributed by atoms with Crippen molar-refractivity contribution >= 4 is 5.69 Å². The predicted molar refractivity (Wildman–Crippen MR) is 75.5 cm³/mol. The molecule has 0 aliphatic heterocycles. The van der Waals surface area contributed by atoms with E-state index in [2.05, 4.69) is 36.5 Å². The van der Waals surface area contributed by atoms with E-state index in [1.54, 1.807) is 0 Å². The summed E-state index contributed by atoms with van der Waals surface area (Å²) in [6.45, 7) is 3.31. The highest BCUT2D eigenvalue weighted by Gasteiger charge is 2.10. The van der Waals surface area contributed by atoms with Crippen LogP contribution in [-0.4, -0.2) is 6.54 Å². The molecule has 0 radical (unpaired) electrons. The van der Waals surface area contributed by atoms with Crippen LogP contribution in [0.1, 0.15) is 50.5 Å². The van der Waals surface area contributed by atoms with Gasteiger partial charge >= 0.3 is 0 Å². The first kappa shape index (κ1) is 12.5. The predicted octanol–water partition coefficient (Wildman–Crippen LogP) is 4.77. The first-order chi connectivity index (χ1) is 8.34. The van der Waals surface area contributed by atoms with Crippen molar-refractivity contribution in [2.45, 2.75) is 51.9 Å². The summed E-state index contributed by atoms with van der Waals surface area (Å²) in [6.07, 6.45) is 10.0. The third-order valence-electron chi connectivity index (χ3n) is 3.84. The van der Waals surface area contributed by atoms with Crippen LogP contribution in [0.2, 0.25) is 0 Å². The number of hydrogen-bond donors (Lipinski definition) is 1. The molecule has 0 bridgehead atoms. The molecule has 0 unspecified atom stereocenters. The average Bonchev–Trinajstić information content (AvgIpc) is 2.27. The molecule has 1 nitrogen and oxygen atoms in total. The molecule has 0 heterocycles. The number of hydrogen-bond acceptors (Lipinski definition) is 1. The molecule has 1 saturated carbocycles. The minimum absolute atomic E-state index is 0.885. The van der Waals surface area contributed by atoms with E-state index in [4.69, 9.17) is 0 Å². The molecule has 0 amide bonds. The Kier molecular flexibility index (Phi) is 4.90. The molecule has 17 heavy (non-hydrogen) atoms. The number of rotatable bonds is 3. The molecular formula is C16H25N. The maximum absolute atomic E-state index is 3.60. The Morgan fingerprint density at radius 1 is 1.06 bits per heavy atom. The normalized spacial score (nSPS) is 18.4. The molecule has 0 spiro atoms. The van der Waals surface area contributed by atoms with Gasteiger partial charge in [0.15, 0.2) is 0 Å². The minimum atomic E-state index is 0.885. The highest BCUT2D eigenvalue weighted by molar-refractivity contribution is 5.45. The molecular weight excluding hydrogens is 206 g/mol.